The minimum absolute atomic E-state index is 0.0393. The van der Waals surface area contributed by atoms with Gasteiger partial charge in [0.25, 0.3) is 5.91 Å². The number of rotatable bonds is 4. The Morgan fingerprint density at radius 3 is 2.32 bits per heavy atom. The first-order valence-corrected chi connectivity index (χ1v) is 9.35. The lowest BCUT2D eigenvalue weighted by molar-refractivity contribution is -0.138. The van der Waals surface area contributed by atoms with Crippen molar-refractivity contribution >= 4 is 11.8 Å². The Morgan fingerprint density at radius 2 is 1.64 bits per heavy atom. The molecule has 1 aliphatic heterocycles. The van der Waals surface area contributed by atoms with E-state index in [9.17, 15) is 9.59 Å². The number of hydrogen-bond acceptors (Lipinski definition) is 3. The Balaban J connectivity index is 1.58. The molecule has 3 rings (SSSR count). The van der Waals surface area contributed by atoms with Gasteiger partial charge >= 0.3 is 0 Å². The molecule has 136 valence electrons. The number of benzene rings is 1. The van der Waals surface area contributed by atoms with Crippen LogP contribution in [-0.2, 0) is 16.1 Å². The van der Waals surface area contributed by atoms with Crippen LogP contribution in [0.25, 0.3) is 0 Å². The first-order valence-electron chi connectivity index (χ1n) is 9.35. The summed E-state index contributed by atoms with van der Waals surface area (Å²) < 4.78 is 5.20. The van der Waals surface area contributed by atoms with Gasteiger partial charge in [-0.3, -0.25) is 9.59 Å². The minimum atomic E-state index is 0.0393. The van der Waals surface area contributed by atoms with Crippen molar-refractivity contribution in [2.75, 3.05) is 33.3 Å². The maximum absolute atomic E-state index is 12.8. The van der Waals surface area contributed by atoms with Crippen LogP contribution in [0.2, 0.25) is 0 Å². The van der Waals surface area contributed by atoms with Crippen LogP contribution in [-0.4, -0.2) is 54.9 Å². The maximum Gasteiger partial charge on any atom is 0.254 e. The molecular formula is C20H28N2O3. The lowest BCUT2D eigenvalue weighted by Gasteiger charge is -2.37. The predicted octanol–water partition coefficient (Wildman–Crippen LogP) is 2.70. The van der Waals surface area contributed by atoms with E-state index >= 15 is 0 Å². The zero-order chi connectivity index (χ0) is 17.6. The normalized spacial score (nSPS) is 19.1. The maximum atomic E-state index is 12.8. The highest BCUT2D eigenvalue weighted by Crippen LogP contribution is 2.26. The molecule has 1 heterocycles. The molecule has 1 saturated heterocycles. The van der Waals surface area contributed by atoms with Gasteiger partial charge in [-0.1, -0.05) is 37.5 Å². The third kappa shape index (κ3) is 4.21. The predicted molar refractivity (Wildman–Crippen MR) is 96.2 cm³/mol. The first kappa shape index (κ1) is 17.9. The van der Waals surface area contributed by atoms with Crippen molar-refractivity contribution in [2.24, 2.45) is 5.92 Å². The van der Waals surface area contributed by atoms with Gasteiger partial charge in [-0.25, -0.2) is 0 Å². The van der Waals surface area contributed by atoms with Crippen molar-refractivity contribution in [1.82, 2.24) is 9.80 Å². The molecular weight excluding hydrogens is 316 g/mol. The van der Waals surface area contributed by atoms with Gasteiger partial charge < -0.3 is 14.5 Å². The van der Waals surface area contributed by atoms with Gasteiger partial charge in [-0.15, -0.1) is 0 Å². The van der Waals surface area contributed by atoms with Crippen molar-refractivity contribution in [3.8, 4) is 0 Å². The Hall–Kier alpha value is -1.88. The Kier molecular flexibility index (Phi) is 6.08. The molecule has 1 saturated carbocycles. The molecule has 0 radical (unpaired) electrons. The summed E-state index contributed by atoms with van der Waals surface area (Å²) in [6, 6.07) is 7.59. The van der Waals surface area contributed by atoms with Crippen molar-refractivity contribution in [3.63, 3.8) is 0 Å². The van der Waals surface area contributed by atoms with E-state index in [-0.39, 0.29) is 11.8 Å². The Labute approximate surface area is 149 Å². The summed E-state index contributed by atoms with van der Waals surface area (Å²) in [6.07, 6.45) is 5.66. The van der Waals surface area contributed by atoms with E-state index in [2.05, 4.69) is 0 Å². The molecule has 1 aliphatic carbocycles. The molecule has 2 fully saturated rings. The molecule has 0 atom stereocenters. The van der Waals surface area contributed by atoms with Crippen molar-refractivity contribution in [1.29, 1.82) is 0 Å². The van der Waals surface area contributed by atoms with Crippen LogP contribution in [0.15, 0.2) is 24.3 Å². The van der Waals surface area contributed by atoms with Crippen LogP contribution >= 0.6 is 0 Å². The quantitative estimate of drug-likeness (QED) is 0.844. The number of ether oxygens (including phenoxy) is 1. The average molecular weight is 344 g/mol. The fraction of sp³-hybridized carbons (Fsp3) is 0.600. The monoisotopic (exact) mass is 344 g/mol. The largest absolute Gasteiger partial charge is 0.380 e. The second-order valence-corrected chi connectivity index (χ2v) is 7.04. The molecule has 1 aromatic rings. The topological polar surface area (TPSA) is 49.9 Å². The van der Waals surface area contributed by atoms with E-state index in [1.165, 1.54) is 19.3 Å². The fourth-order valence-electron chi connectivity index (χ4n) is 3.92. The van der Waals surface area contributed by atoms with Crippen LogP contribution < -0.4 is 0 Å². The molecule has 0 spiro atoms. The van der Waals surface area contributed by atoms with Gasteiger partial charge in [-0.2, -0.15) is 0 Å². The van der Waals surface area contributed by atoms with Gasteiger partial charge in [0, 0.05) is 44.8 Å². The molecule has 0 bridgehead atoms. The molecule has 1 aromatic carbocycles. The third-order valence-electron chi connectivity index (χ3n) is 5.38. The first-order chi connectivity index (χ1) is 12.2. The summed E-state index contributed by atoms with van der Waals surface area (Å²) >= 11 is 0. The summed E-state index contributed by atoms with van der Waals surface area (Å²) in [5.74, 6) is 0.544. The number of nitrogens with zero attached hydrogens (tertiary/aromatic N) is 2. The highest BCUT2D eigenvalue weighted by atomic mass is 16.5. The molecule has 5 heteroatoms. The molecule has 2 aliphatic rings. The summed E-state index contributed by atoms with van der Waals surface area (Å²) in [6.45, 7) is 2.94. The Bertz CT molecular complexity index is 603. The SMILES string of the molecule is COCc1ccccc1C(=O)N1CCN(C(=O)C2CCCCC2)CC1. The lowest BCUT2D eigenvalue weighted by atomic mass is 9.88. The summed E-state index contributed by atoms with van der Waals surface area (Å²) in [4.78, 5) is 29.3. The van der Waals surface area contributed by atoms with Gasteiger partial charge in [-0.05, 0) is 24.5 Å². The standard InChI is InChI=1S/C20H28N2O3/c1-25-15-17-9-5-6-10-18(17)20(24)22-13-11-21(12-14-22)19(23)16-7-3-2-4-8-16/h5-6,9-10,16H,2-4,7-8,11-15H2,1H3. The van der Waals surface area contributed by atoms with E-state index in [1.807, 2.05) is 34.1 Å². The number of hydrogen-bond donors (Lipinski definition) is 0. The second kappa shape index (κ2) is 8.48. The number of carbonyl (C=O) groups is 2. The summed E-state index contributed by atoms with van der Waals surface area (Å²) in [7, 11) is 1.64. The van der Waals surface area contributed by atoms with Crippen LogP contribution in [0.5, 0.6) is 0 Å². The van der Waals surface area contributed by atoms with E-state index in [4.69, 9.17) is 4.74 Å². The smallest absolute Gasteiger partial charge is 0.254 e. The van der Waals surface area contributed by atoms with Crippen LogP contribution in [0.3, 0.4) is 0 Å². The van der Waals surface area contributed by atoms with Crippen LogP contribution in [0.4, 0.5) is 0 Å². The Morgan fingerprint density at radius 1 is 1.00 bits per heavy atom. The number of amides is 2. The summed E-state index contributed by atoms with van der Waals surface area (Å²) in [5.41, 5.74) is 1.62. The molecule has 0 N–H and O–H groups in total. The zero-order valence-corrected chi connectivity index (χ0v) is 15.1. The van der Waals surface area contributed by atoms with E-state index in [1.54, 1.807) is 7.11 Å². The number of methoxy groups -OCH3 is 1. The zero-order valence-electron chi connectivity index (χ0n) is 15.1. The van der Waals surface area contributed by atoms with Gasteiger partial charge in [0.1, 0.15) is 0 Å². The molecule has 0 aromatic heterocycles. The highest BCUT2D eigenvalue weighted by Gasteiger charge is 2.30. The third-order valence-corrected chi connectivity index (χ3v) is 5.38. The van der Waals surface area contributed by atoms with Crippen molar-refractivity contribution < 1.29 is 14.3 Å². The molecule has 25 heavy (non-hydrogen) atoms. The summed E-state index contributed by atoms with van der Waals surface area (Å²) in [5, 5.41) is 0. The van der Waals surface area contributed by atoms with Crippen LogP contribution in [0.1, 0.15) is 48.0 Å². The lowest BCUT2D eigenvalue weighted by Crippen LogP contribution is -2.52. The molecule has 0 unspecified atom stereocenters. The van der Waals surface area contributed by atoms with Gasteiger partial charge in [0.05, 0.1) is 6.61 Å². The minimum Gasteiger partial charge on any atom is -0.380 e. The van der Waals surface area contributed by atoms with Crippen molar-refractivity contribution in [3.05, 3.63) is 35.4 Å². The van der Waals surface area contributed by atoms with E-state index in [0.717, 1.165) is 18.4 Å². The van der Waals surface area contributed by atoms with Gasteiger partial charge in [0.15, 0.2) is 0 Å². The molecule has 5 nitrogen and oxygen atoms in total. The average Bonchev–Trinajstić information content (AvgIpc) is 2.68. The fourth-order valence-corrected chi connectivity index (χ4v) is 3.92. The van der Waals surface area contributed by atoms with E-state index < -0.39 is 0 Å². The van der Waals surface area contributed by atoms with Gasteiger partial charge in [0.2, 0.25) is 5.91 Å². The number of piperazine rings is 1. The van der Waals surface area contributed by atoms with Crippen molar-refractivity contribution in [2.45, 2.75) is 38.7 Å². The molecule has 2 amide bonds. The van der Waals surface area contributed by atoms with E-state index in [0.29, 0.717) is 44.3 Å². The number of carbonyl (C=O) groups excluding carboxylic acids is 2. The highest BCUT2D eigenvalue weighted by molar-refractivity contribution is 5.95. The second-order valence-electron chi connectivity index (χ2n) is 7.04. The van der Waals surface area contributed by atoms with Crippen LogP contribution in [0, 0.1) is 5.92 Å².